The van der Waals surface area contributed by atoms with E-state index in [1.54, 1.807) is 12.4 Å². The highest BCUT2D eigenvalue weighted by molar-refractivity contribution is 7.36. The van der Waals surface area contributed by atoms with E-state index in [0.717, 1.165) is 16.6 Å². The van der Waals surface area contributed by atoms with Gasteiger partial charge in [0.2, 0.25) is 0 Å². The predicted molar refractivity (Wildman–Crippen MR) is 103 cm³/mol. The zero-order valence-electron chi connectivity index (χ0n) is 12.4. The zero-order chi connectivity index (χ0) is 15.7. The molecule has 5 heteroatoms. The van der Waals surface area contributed by atoms with E-state index in [4.69, 9.17) is 0 Å². The third-order valence-electron chi connectivity index (χ3n) is 4.39. The van der Waals surface area contributed by atoms with Gasteiger partial charge in [-0.15, -0.1) is 22.7 Å². The smallest absolute Gasteiger partial charge is 0.0901 e. The molecule has 0 spiro atoms. The Kier molecular flexibility index (Phi) is 2.37. The number of nitrogens with zero attached hydrogens (tertiary/aromatic N) is 3. The van der Waals surface area contributed by atoms with Crippen LogP contribution >= 0.6 is 22.7 Å². The van der Waals surface area contributed by atoms with E-state index in [0.29, 0.717) is 0 Å². The molecular weight excluding hydrogens is 334 g/mol. The zero-order valence-corrected chi connectivity index (χ0v) is 14.0. The summed E-state index contributed by atoms with van der Waals surface area (Å²) in [7, 11) is 0. The number of aromatic nitrogens is 3. The van der Waals surface area contributed by atoms with Crippen molar-refractivity contribution in [2.75, 3.05) is 0 Å². The summed E-state index contributed by atoms with van der Waals surface area (Å²) in [4.78, 5) is 13.4. The van der Waals surface area contributed by atoms with Crippen molar-refractivity contribution in [2.45, 2.75) is 0 Å². The van der Waals surface area contributed by atoms with E-state index in [1.165, 1.54) is 35.0 Å². The molecule has 2 aromatic carbocycles. The van der Waals surface area contributed by atoms with Crippen molar-refractivity contribution >= 4 is 74.2 Å². The van der Waals surface area contributed by atoms with Crippen LogP contribution < -0.4 is 0 Å². The van der Waals surface area contributed by atoms with Crippen molar-refractivity contribution in [2.24, 2.45) is 0 Å². The van der Waals surface area contributed by atoms with Gasteiger partial charge >= 0.3 is 0 Å². The lowest BCUT2D eigenvalue weighted by molar-refractivity contribution is 1.30. The monoisotopic (exact) mass is 343 g/mol. The topological polar surface area (TPSA) is 38.7 Å². The molecule has 0 radical (unpaired) electrons. The summed E-state index contributed by atoms with van der Waals surface area (Å²) >= 11 is 3.69. The van der Waals surface area contributed by atoms with Crippen molar-refractivity contribution in [3.63, 3.8) is 0 Å². The molecule has 0 saturated heterocycles. The minimum atomic E-state index is 0.953. The first-order valence-corrected chi connectivity index (χ1v) is 9.24. The summed E-state index contributed by atoms with van der Waals surface area (Å²) in [5.41, 5.74) is 2.96. The van der Waals surface area contributed by atoms with Crippen LogP contribution in [0.1, 0.15) is 0 Å². The maximum atomic E-state index is 4.51. The SMILES string of the molecule is c1cnc2cc3c(cc2c1)sc1c2cc4nccnc4cc2sc31. The first kappa shape index (κ1) is 12.8. The number of fused-ring (bicyclic) bond motifs is 7. The number of thiophene rings is 2. The molecule has 0 atom stereocenters. The van der Waals surface area contributed by atoms with Crippen molar-refractivity contribution in [3.8, 4) is 0 Å². The molecule has 4 aromatic heterocycles. The summed E-state index contributed by atoms with van der Waals surface area (Å²) in [5, 5.41) is 3.77. The van der Waals surface area contributed by atoms with Crippen LogP contribution in [0.15, 0.2) is 55.0 Å². The Morgan fingerprint density at radius 3 is 2.04 bits per heavy atom. The van der Waals surface area contributed by atoms with Gasteiger partial charge in [-0.3, -0.25) is 15.0 Å². The average Bonchev–Trinajstić information content (AvgIpc) is 3.13. The molecule has 0 saturated carbocycles. The van der Waals surface area contributed by atoms with E-state index < -0.39 is 0 Å². The Hall–Kier alpha value is -2.63. The molecule has 0 aliphatic rings. The van der Waals surface area contributed by atoms with Gasteiger partial charge in [0.1, 0.15) is 0 Å². The van der Waals surface area contributed by atoms with Crippen LogP contribution in [0.5, 0.6) is 0 Å². The van der Waals surface area contributed by atoms with Crippen LogP contribution in [0.2, 0.25) is 0 Å². The highest BCUT2D eigenvalue weighted by Crippen LogP contribution is 2.45. The van der Waals surface area contributed by atoms with Gasteiger partial charge in [0.05, 0.1) is 25.9 Å². The van der Waals surface area contributed by atoms with E-state index >= 15 is 0 Å². The Morgan fingerprint density at radius 2 is 1.25 bits per heavy atom. The maximum Gasteiger partial charge on any atom is 0.0901 e. The fourth-order valence-corrected chi connectivity index (χ4v) is 5.96. The molecule has 0 aliphatic carbocycles. The largest absolute Gasteiger partial charge is 0.256 e. The van der Waals surface area contributed by atoms with Gasteiger partial charge < -0.3 is 0 Å². The first-order valence-electron chi connectivity index (χ1n) is 7.61. The lowest BCUT2D eigenvalue weighted by atomic mass is 10.1. The third-order valence-corrected chi connectivity index (χ3v) is 6.90. The Bertz CT molecular complexity index is 1300. The maximum absolute atomic E-state index is 4.51. The highest BCUT2D eigenvalue weighted by Gasteiger charge is 2.14. The van der Waals surface area contributed by atoms with E-state index in [2.05, 4.69) is 45.3 Å². The molecule has 3 nitrogen and oxygen atoms in total. The van der Waals surface area contributed by atoms with Gasteiger partial charge in [0.15, 0.2) is 0 Å². The predicted octanol–water partition coefficient (Wildman–Crippen LogP) is 5.76. The fraction of sp³-hybridized carbons (Fsp3) is 0. The molecule has 0 unspecified atom stereocenters. The number of rotatable bonds is 0. The van der Waals surface area contributed by atoms with Crippen LogP contribution in [0.4, 0.5) is 0 Å². The lowest BCUT2D eigenvalue weighted by Gasteiger charge is -1.97. The van der Waals surface area contributed by atoms with Gasteiger partial charge in [-0.1, -0.05) is 6.07 Å². The second-order valence-electron chi connectivity index (χ2n) is 5.80. The van der Waals surface area contributed by atoms with Crippen molar-refractivity contribution in [1.29, 1.82) is 0 Å². The van der Waals surface area contributed by atoms with Crippen LogP contribution in [0.25, 0.3) is 51.5 Å². The molecule has 6 rings (SSSR count). The van der Waals surface area contributed by atoms with Gasteiger partial charge in [0, 0.05) is 44.1 Å². The summed E-state index contributed by atoms with van der Waals surface area (Å²) in [6.45, 7) is 0. The summed E-state index contributed by atoms with van der Waals surface area (Å²) in [5.74, 6) is 0. The van der Waals surface area contributed by atoms with Crippen molar-refractivity contribution < 1.29 is 0 Å². The van der Waals surface area contributed by atoms with Crippen LogP contribution in [0, 0.1) is 0 Å². The van der Waals surface area contributed by atoms with E-state index in [-0.39, 0.29) is 0 Å². The molecule has 6 aromatic rings. The highest BCUT2D eigenvalue weighted by atomic mass is 32.1. The van der Waals surface area contributed by atoms with E-state index in [1.807, 2.05) is 34.9 Å². The quantitative estimate of drug-likeness (QED) is 0.352. The molecular formula is C19H9N3S2. The molecule has 0 aliphatic heterocycles. The molecule has 0 fully saturated rings. The minimum Gasteiger partial charge on any atom is -0.256 e. The summed E-state index contributed by atoms with van der Waals surface area (Å²) in [6.07, 6.45) is 5.35. The summed E-state index contributed by atoms with van der Waals surface area (Å²) < 4.78 is 5.27. The fourth-order valence-electron chi connectivity index (χ4n) is 3.28. The van der Waals surface area contributed by atoms with E-state index in [9.17, 15) is 0 Å². The van der Waals surface area contributed by atoms with Crippen LogP contribution in [-0.4, -0.2) is 15.0 Å². The molecule has 112 valence electrons. The van der Waals surface area contributed by atoms with Crippen LogP contribution in [-0.2, 0) is 0 Å². The molecule has 0 bridgehead atoms. The second kappa shape index (κ2) is 4.47. The normalized spacial score (nSPS) is 12.2. The molecule has 0 amide bonds. The van der Waals surface area contributed by atoms with Gasteiger partial charge in [-0.25, -0.2) is 0 Å². The minimum absolute atomic E-state index is 0.953. The van der Waals surface area contributed by atoms with Gasteiger partial charge in [-0.05, 0) is 30.3 Å². The number of pyridine rings is 1. The van der Waals surface area contributed by atoms with Crippen molar-refractivity contribution in [3.05, 3.63) is 55.0 Å². The average molecular weight is 343 g/mol. The van der Waals surface area contributed by atoms with Gasteiger partial charge in [-0.2, -0.15) is 0 Å². The lowest BCUT2D eigenvalue weighted by Crippen LogP contribution is -1.80. The summed E-state index contributed by atoms with van der Waals surface area (Å²) in [6, 6.07) is 12.9. The Morgan fingerprint density at radius 1 is 0.625 bits per heavy atom. The van der Waals surface area contributed by atoms with Crippen LogP contribution in [0.3, 0.4) is 0 Å². The molecule has 0 N–H and O–H groups in total. The van der Waals surface area contributed by atoms with Gasteiger partial charge in [0.25, 0.3) is 0 Å². The number of benzene rings is 2. The number of hydrogen-bond donors (Lipinski definition) is 0. The number of hydrogen-bond acceptors (Lipinski definition) is 5. The molecule has 4 heterocycles. The Balaban J connectivity index is 1.81. The standard InChI is InChI=1S/C19H9N3S2/c1-2-10-6-16-11(7-13(10)20-3-1)18-19(23-16)12-8-14-15(9-17(12)24-18)22-5-4-21-14/h1-9H. The van der Waals surface area contributed by atoms with Crippen molar-refractivity contribution in [1.82, 2.24) is 15.0 Å². The second-order valence-corrected chi connectivity index (χ2v) is 7.90. The Labute approximate surface area is 144 Å². The molecule has 24 heavy (non-hydrogen) atoms. The third kappa shape index (κ3) is 1.63. The first-order chi connectivity index (χ1) is 11.9.